The van der Waals surface area contributed by atoms with Gasteiger partial charge >= 0.3 is 0 Å². The molecular formula is C28H8F2N6. The molecule has 0 spiro atoms. The molecular weight excluding hydrogens is 458 g/mol. The first kappa shape index (κ1) is 22.0. The Morgan fingerprint density at radius 3 is 1.75 bits per heavy atom. The van der Waals surface area contributed by atoms with E-state index >= 15 is 8.78 Å². The number of hydrogen-bond acceptors (Lipinski definition) is 3. The second-order valence-electron chi connectivity index (χ2n) is 8.12. The van der Waals surface area contributed by atoms with Crippen molar-refractivity contribution in [2.24, 2.45) is 0 Å². The third-order valence-electron chi connectivity index (χ3n) is 6.50. The van der Waals surface area contributed by atoms with Gasteiger partial charge in [0.05, 0.1) is 43.5 Å². The van der Waals surface area contributed by atoms with E-state index in [1.54, 1.807) is 0 Å². The van der Waals surface area contributed by atoms with Crippen LogP contribution in [0.25, 0.3) is 48.2 Å². The summed E-state index contributed by atoms with van der Waals surface area (Å²) in [7, 11) is 0. The Hall–Kier alpha value is -5.80. The van der Waals surface area contributed by atoms with E-state index in [4.69, 9.17) is 19.7 Å². The SMILES string of the molecule is [C-]#[N+]/C(C#N)=c1/c2c(/c(=C(\C#N)[N+]#[C-])c3c1Cc1c(F)cc([N+]#[C-])cc1-3)-c1cc(C#N)cc(F)c1C2. The summed E-state index contributed by atoms with van der Waals surface area (Å²) in [5.74, 6) is -1.32. The van der Waals surface area contributed by atoms with Crippen molar-refractivity contribution >= 4 is 17.1 Å². The van der Waals surface area contributed by atoms with Crippen LogP contribution in [0.4, 0.5) is 14.5 Å². The molecule has 0 aromatic heterocycles. The van der Waals surface area contributed by atoms with Crippen molar-refractivity contribution in [2.75, 3.05) is 0 Å². The van der Waals surface area contributed by atoms with Crippen LogP contribution in [0, 0.1) is 65.3 Å². The lowest BCUT2D eigenvalue weighted by atomic mass is 9.90. The largest absolute Gasteiger partial charge is 0.270 e. The average molecular weight is 466 g/mol. The second-order valence-corrected chi connectivity index (χ2v) is 8.12. The smallest absolute Gasteiger partial charge is 0.238 e. The zero-order valence-electron chi connectivity index (χ0n) is 18.2. The lowest BCUT2D eigenvalue weighted by molar-refractivity contribution is 0.616. The predicted octanol–water partition coefficient (Wildman–Crippen LogP) is 4.63. The van der Waals surface area contributed by atoms with Gasteiger partial charge in [-0.3, -0.25) is 0 Å². The number of nitrogens with zero attached hydrogens (tertiary/aromatic N) is 6. The van der Waals surface area contributed by atoms with Crippen molar-refractivity contribution in [2.45, 2.75) is 12.8 Å². The van der Waals surface area contributed by atoms with Gasteiger partial charge in [0.2, 0.25) is 0 Å². The fraction of sp³-hybridized carbons (Fsp3) is 0.0714. The standard InChI is InChI=1S/C28H8F2N6/c1-34-14-6-18-16(22(30)7-14)9-20-25(23(11-32)35-2)19-8-15-17(4-13(10-31)5-21(15)29)26(19)28(27(18)20)24(12-33)36-3/h4-7H,8-9H2/b25-23-,28-24-. The maximum atomic E-state index is 15.1. The first-order chi connectivity index (χ1) is 17.4. The average Bonchev–Trinajstić information content (AvgIpc) is 3.46. The highest BCUT2D eigenvalue weighted by Crippen LogP contribution is 2.43. The van der Waals surface area contributed by atoms with Crippen LogP contribution in [-0.2, 0) is 12.8 Å². The molecule has 3 aromatic carbocycles. The molecule has 5 rings (SSSR count). The number of rotatable bonds is 0. The van der Waals surface area contributed by atoms with Gasteiger partial charge in [0.15, 0.2) is 5.69 Å². The summed E-state index contributed by atoms with van der Waals surface area (Å²) in [5.41, 5.74) is 1.64. The molecule has 0 aliphatic heterocycles. The van der Waals surface area contributed by atoms with Crippen molar-refractivity contribution < 1.29 is 8.78 Å². The van der Waals surface area contributed by atoms with E-state index < -0.39 is 11.6 Å². The summed E-state index contributed by atoms with van der Waals surface area (Å²) >= 11 is 0. The van der Waals surface area contributed by atoms with Crippen LogP contribution in [-0.4, -0.2) is 0 Å². The Labute approximate surface area is 203 Å². The van der Waals surface area contributed by atoms with E-state index in [1.165, 1.54) is 12.1 Å². The minimum Gasteiger partial charge on any atom is -0.238 e. The molecule has 2 aliphatic rings. The Kier molecular flexibility index (Phi) is 4.83. The summed E-state index contributed by atoms with van der Waals surface area (Å²) in [6, 6.07) is 10.7. The van der Waals surface area contributed by atoms with Crippen molar-refractivity contribution in [3.63, 3.8) is 0 Å². The summed E-state index contributed by atoms with van der Waals surface area (Å²) in [6.45, 7) is 22.6. The monoisotopic (exact) mass is 466 g/mol. The van der Waals surface area contributed by atoms with Crippen molar-refractivity contribution in [1.29, 1.82) is 15.8 Å². The molecule has 3 aromatic rings. The summed E-state index contributed by atoms with van der Waals surface area (Å²) in [4.78, 5) is 10.1. The highest BCUT2D eigenvalue weighted by Gasteiger charge is 2.34. The van der Waals surface area contributed by atoms with Gasteiger partial charge in [-0.1, -0.05) is 0 Å². The van der Waals surface area contributed by atoms with Gasteiger partial charge in [-0.2, -0.15) is 5.26 Å². The molecule has 36 heavy (non-hydrogen) atoms. The van der Waals surface area contributed by atoms with E-state index in [-0.39, 0.29) is 79.3 Å². The molecule has 0 heterocycles. The predicted molar refractivity (Wildman–Crippen MR) is 124 cm³/mol. The van der Waals surface area contributed by atoms with E-state index in [0.29, 0.717) is 11.1 Å². The first-order valence-corrected chi connectivity index (χ1v) is 10.4. The fourth-order valence-corrected chi connectivity index (χ4v) is 5.15. The molecule has 0 radical (unpaired) electrons. The van der Waals surface area contributed by atoms with Gasteiger partial charge in [-0.25, -0.2) is 33.8 Å². The number of nitriles is 3. The van der Waals surface area contributed by atoms with Crippen LogP contribution >= 0.6 is 0 Å². The molecule has 0 saturated carbocycles. The number of halogens is 2. The van der Waals surface area contributed by atoms with E-state index in [9.17, 15) is 15.8 Å². The number of fused-ring (bicyclic) bond motifs is 6. The topological polar surface area (TPSA) is 84.4 Å². The van der Waals surface area contributed by atoms with Gasteiger partial charge in [0.25, 0.3) is 11.4 Å². The van der Waals surface area contributed by atoms with Crippen LogP contribution in [0.5, 0.6) is 0 Å². The molecule has 0 fully saturated rings. The maximum Gasteiger partial charge on any atom is 0.270 e. The highest BCUT2D eigenvalue weighted by atomic mass is 19.1. The van der Waals surface area contributed by atoms with Crippen molar-refractivity contribution in [1.82, 2.24) is 0 Å². The quantitative estimate of drug-likeness (QED) is 0.312. The van der Waals surface area contributed by atoms with Crippen LogP contribution < -0.4 is 10.4 Å². The minimum absolute atomic E-state index is 0.00120. The van der Waals surface area contributed by atoms with Gasteiger partial charge in [-0.05, 0) is 68.4 Å². The zero-order valence-corrected chi connectivity index (χ0v) is 18.2. The third-order valence-corrected chi connectivity index (χ3v) is 6.50. The molecule has 0 N–H and O–H groups in total. The van der Waals surface area contributed by atoms with Crippen LogP contribution in [0.2, 0.25) is 0 Å². The number of benzene rings is 3. The Balaban J connectivity index is 2.17. The van der Waals surface area contributed by atoms with E-state index in [1.807, 2.05) is 18.2 Å². The second kappa shape index (κ2) is 7.90. The molecule has 2 aliphatic carbocycles. The van der Waals surface area contributed by atoms with Gasteiger partial charge in [-0.15, -0.1) is 0 Å². The normalized spacial score (nSPS) is 13.2. The first-order valence-electron chi connectivity index (χ1n) is 10.4. The van der Waals surface area contributed by atoms with Crippen LogP contribution in [0.1, 0.15) is 27.8 Å². The van der Waals surface area contributed by atoms with Gasteiger partial charge in [0.1, 0.15) is 11.6 Å². The highest BCUT2D eigenvalue weighted by molar-refractivity contribution is 5.94. The molecule has 6 nitrogen and oxygen atoms in total. The van der Waals surface area contributed by atoms with Gasteiger partial charge < -0.3 is 0 Å². The molecule has 8 heteroatoms. The molecule has 0 bridgehead atoms. The van der Waals surface area contributed by atoms with Gasteiger partial charge in [0, 0.05) is 23.6 Å². The summed E-state index contributed by atoms with van der Waals surface area (Å²) < 4.78 is 30.2. The van der Waals surface area contributed by atoms with Crippen molar-refractivity contribution in [3.05, 3.63) is 108 Å². The Bertz CT molecular complexity index is 1840. The molecule has 0 amide bonds. The third kappa shape index (κ3) is 2.81. The molecule has 0 atom stereocenters. The Morgan fingerprint density at radius 2 is 1.25 bits per heavy atom. The molecule has 0 unspecified atom stereocenters. The zero-order chi connectivity index (χ0) is 25.7. The van der Waals surface area contributed by atoms with Crippen LogP contribution in [0.15, 0.2) is 24.3 Å². The van der Waals surface area contributed by atoms with E-state index in [2.05, 4.69) is 14.5 Å². The lowest BCUT2D eigenvalue weighted by Crippen LogP contribution is -2.25. The number of hydrogen-bond donors (Lipinski definition) is 0. The lowest BCUT2D eigenvalue weighted by Gasteiger charge is -2.13. The minimum atomic E-state index is -0.665. The van der Waals surface area contributed by atoms with E-state index in [0.717, 1.165) is 12.1 Å². The summed E-state index contributed by atoms with van der Waals surface area (Å²) in [6.07, 6.45) is -0.0779. The maximum absolute atomic E-state index is 15.1. The van der Waals surface area contributed by atoms with Crippen LogP contribution in [0.3, 0.4) is 0 Å². The summed E-state index contributed by atoms with van der Waals surface area (Å²) in [5, 5.41) is 29.4. The molecule has 0 saturated heterocycles. The van der Waals surface area contributed by atoms with Crippen molar-refractivity contribution in [3.8, 4) is 40.5 Å². The molecule has 164 valence electrons. The Morgan fingerprint density at radius 1 is 0.722 bits per heavy atom. The fourth-order valence-electron chi connectivity index (χ4n) is 5.15.